The van der Waals surface area contributed by atoms with Crippen LogP contribution in [0.15, 0.2) is 70.0 Å². The maximum absolute atomic E-state index is 13.0. The Kier molecular flexibility index (Phi) is 9.10. The summed E-state index contributed by atoms with van der Waals surface area (Å²) in [6.45, 7) is 0.361. The minimum atomic E-state index is -0.464. The van der Waals surface area contributed by atoms with Gasteiger partial charge in [0.25, 0.3) is 16.8 Å². The zero-order valence-electron chi connectivity index (χ0n) is 20.9. The molecule has 0 aliphatic carbocycles. The average molecular weight is 615 g/mol. The van der Waals surface area contributed by atoms with Gasteiger partial charge in [-0.2, -0.15) is 0 Å². The quantitative estimate of drug-likeness (QED) is 0.144. The van der Waals surface area contributed by atoms with E-state index in [4.69, 9.17) is 18.9 Å². The Hall–Kier alpha value is -4.03. The van der Waals surface area contributed by atoms with Crippen LogP contribution in [0.2, 0.25) is 0 Å². The predicted molar refractivity (Wildman–Crippen MR) is 149 cm³/mol. The van der Waals surface area contributed by atoms with Gasteiger partial charge >= 0.3 is 0 Å². The Balaban J connectivity index is 1.43. The molecule has 3 aromatic carbocycles. The molecule has 0 aromatic heterocycles. The fourth-order valence-corrected chi connectivity index (χ4v) is 4.92. The van der Waals surface area contributed by atoms with Gasteiger partial charge in [-0.15, -0.1) is 0 Å². The van der Waals surface area contributed by atoms with Gasteiger partial charge in [-0.05, 0) is 65.4 Å². The molecule has 2 amide bonds. The largest absolute Gasteiger partial charge is 0.493 e. The monoisotopic (exact) mass is 614 g/mol. The minimum Gasteiger partial charge on any atom is -0.493 e. The lowest BCUT2D eigenvalue weighted by molar-refractivity contribution is -0.384. The molecule has 4 rings (SSSR count). The molecular formula is C27H23BrN2O8S. The number of imide groups is 1. The van der Waals surface area contributed by atoms with Crippen molar-refractivity contribution in [3.05, 3.63) is 91.3 Å². The van der Waals surface area contributed by atoms with Crippen LogP contribution in [0.5, 0.6) is 23.0 Å². The summed E-state index contributed by atoms with van der Waals surface area (Å²) in [5, 5.41) is 10.5. The van der Waals surface area contributed by atoms with Gasteiger partial charge in [0.05, 0.1) is 30.6 Å². The third-order valence-electron chi connectivity index (χ3n) is 5.63. The highest BCUT2D eigenvalue weighted by Crippen LogP contribution is 2.38. The number of amides is 2. The first-order valence-electron chi connectivity index (χ1n) is 11.6. The summed E-state index contributed by atoms with van der Waals surface area (Å²) in [5.74, 6) is 1.51. The number of hydrogen-bond donors (Lipinski definition) is 0. The fourth-order valence-electron chi connectivity index (χ4n) is 3.63. The Labute approximate surface area is 236 Å². The third-order valence-corrected chi connectivity index (χ3v) is 7.22. The van der Waals surface area contributed by atoms with Gasteiger partial charge < -0.3 is 18.9 Å². The molecule has 39 heavy (non-hydrogen) atoms. The lowest BCUT2D eigenvalue weighted by Crippen LogP contribution is -2.32. The second kappa shape index (κ2) is 12.7. The summed E-state index contributed by atoms with van der Waals surface area (Å²) in [7, 11) is 3.02. The SMILES string of the molecule is COc1ccccc1OCCN1C(=O)S/C(=C\c2cc(OC)c(OCc3ccc([N+](=O)[O-])cc3)cc2Br)C1=O. The Morgan fingerprint density at radius 3 is 2.31 bits per heavy atom. The zero-order valence-corrected chi connectivity index (χ0v) is 23.3. The van der Waals surface area contributed by atoms with Crippen molar-refractivity contribution in [2.45, 2.75) is 6.61 Å². The zero-order chi connectivity index (χ0) is 27.9. The number of nitro groups is 1. The molecule has 1 heterocycles. The molecule has 0 radical (unpaired) electrons. The van der Waals surface area contributed by atoms with E-state index < -0.39 is 10.8 Å². The van der Waals surface area contributed by atoms with Crippen molar-refractivity contribution in [3.63, 3.8) is 0 Å². The van der Waals surface area contributed by atoms with E-state index in [1.807, 2.05) is 6.07 Å². The number of para-hydroxylation sites is 2. The number of rotatable bonds is 11. The highest BCUT2D eigenvalue weighted by Gasteiger charge is 2.35. The van der Waals surface area contributed by atoms with Crippen LogP contribution < -0.4 is 18.9 Å². The van der Waals surface area contributed by atoms with E-state index in [0.717, 1.165) is 22.2 Å². The number of carbonyl (C=O) groups is 2. The third kappa shape index (κ3) is 6.70. The normalized spacial score (nSPS) is 14.0. The van der Waals surface area contributed by atoms with Crippen LogP contribution in [0.4, 0.5) is 10.5 Å². The number of nitrogens with zero attached hydrogens (tertiary/aromatic N) is 2. The van der Waals surface area contributed by atoms with Gasteiger partial charge in [0, 0.05) is 16.6 Å². The topological polar surface area (TPSA) is 117 Å². The second-order valence-electron chi connectivity index (χ2n) is 8.07. The van der Waals surface area contributed by atoms with Crippen molar-refractivity contribution < 1.29 is 33.5 Å². The second-order valence-corrected chi connectivity index (χ2v) is 9.92. The molecule has 10 nitrogen and oxygen atoms in total. The van der Waals surface area contributed by atoms with Crippen LogP contribution in [0, 0.1) is 10.1 Å². The van der Waals surface area contributed by atoms with E-state index in [2.05, 4.69) is 15.9 Å². The molecule has 202 valence electrons. The van der Waals surface area contributed by atoms with E-state index in [1.54, 1.807) is 48.5 Å². The van der Waals surface area contributed by atoms with Gasteiger partial charge in [-0.1, -0.05) is 28.1 Å². The molecule has 3 aromatic rings. The summed E-state index contributed by atoms with van der Waals surface area (Å²) < 4.78 is 22.9. The van der Waals surface area contributed by atoms with Crippen LogP contribution in [-0.2, 0) is 11.4 Å². The molecule has 0 N–H and O–H groups in total. The molecule has 1 aliphatic rings. The minimum absolute atomic E-state index is 0.00297. The summed E-state index contributed by atoms with van der Waals surface area (Å²) in [6, 6.07) is 16.6. The molecule has 1 aliphatic heterocycles. The first-order chi connectivity index (χ1) is 18.8. The van der Waals surface area contributed by atoms with Crippen LogP contribution in [0.3, 0.4) is 0 Å². The van der Waals surface area contributed by atoms with E-state index >= 15 is 0 Å². The summed E-state index contributed by atoms with van der Waals surface area (Å²) in [6.07, 6.45) is 1.61. The van der Waals surface area contributed by atoms with Crippen LogP contribution in [0.25, 0.3) is 6.08 Å². The van der Waals surface area contributed by atoms with Crippen LogP contribution in [0.1, 0.15) is 11.1 Å². The predicted octanol–water partition coefficient (Wildman–Crippen LogP) is 6.07. The Morgan fingerprint density at radius 2 is 1.64 bits per heavy atom. The van der Waals surface area contributed by atoms with Crippen molar-refractivity contribution in [1.82, 2.24) is 4.90 Å². The molecule has 0 bridgehead atoms. The number of thioether (sulfide) groups is 1. The standard InChI is InChI=1S/C27H23BrN2O8S/c1-35-21-5-3-4-6-22(21)37-12-11-29-26(31)25(39-27(29)32)14-18-13-23(36-2)24(15-20(18)28)38-16-17-7-9-19(10-8-17)30(33)34/h3-10,13-15H,11-12,16H2,1-2H3/b25-14-. The van der Waals surface area contributed by atoms with Gasteiger partial charge in [0.15, 0.2) is 23.0 Å². The number of hydrogen-bond acceptors (Lipinski definition) is 9. The Morgan fingerprint density at radius 1 is 0.949 bits per heavy atom. The summed E-state index contributed by atoms with van der Waals surface area (Å²) in [5.41, 5.74) is 1.35. The molecule has 1 fully saturated rings. The van der Waals surface area contributed by atoms with Crippen molar-refractivity contribution in [3.8, 4) is 23.0 Å². The number of ether oxygens (including phenoxy) is 4. The van der Waals surface area contributed by atoms with Crippen molar-refractivity contribution in [1.29, 1.82) is 0 Å². The molecule has 0 unspecified atom stereocenters. The van der Waals surface area contributed by atoms with Crippen LogP contribution in [-0.4, -0.2) is 48.3 Å². The number of benzene rings is 3. The number of carbonyl (C=O) groups excluding carboxylic acids is 2. The van der Waals surface area contributed by atoms with E-state index in [1.165, 1.54) is 26.4 Å². The average Bonchev–Trinajstić information content (AvgIpc) is 3.20. The van der Waals surface area contributed by atoms with E-state index in [-0.39, 0.29) is 35.6 Å². The molecular weight excluding hydrogens is 592 g/mol. The molecule has 12 heteroatoms. The maximum Gasteiger partial charge on any atom is 0.293 e. The van der Waals surface area contributed by atoms with E-state index in [0.29, 0.717) is 33.0 Å². The highest BCUT2D eigenvalue weighted by molar-refractivity contribution is 9.10. The first-order valence-corrected chi connectivity index (χ1v) is 13.2. The van der Waals surface area contributed by atoms with Gasteiger partial charge in [-0.3, -0.25) is 24.6 Å². The van der Waals surface area contributed by atoms with Gasteiger partial charge in [-0.25, -0.2) is 0 Å². The number of halogens is 1. The molecule has 1 saturated heterocycles. The van der Waals surface area contributed by atoms with Crippen molar-refractivity contribution in [2.75, 3.05) is 27.4 Å². The molecule has 0 spiro atoms. The van der Waals surface area contributed by atoms with Crippen molar-refractivity contribution >= 4 is 50.6 Å². The summed E-state index contributed by atoms with van der Waals surface area (Å²) >= 11 is 4.34. The van der Waals surface area contributed by atoms with Crippen LogP contribution >= 0.6 is 27.7 Å². The van der Waals surface area contributed by atoms with E-state index in [9.17, 15) is 19.7 Å². The number of nitro benzene ring substituents is 1. The van der Waals surface area contributed by atoms with Crippen molar-refractivity contribution in [2.24, 2.45) is 0 Å². The lowest BCUT2D eigenvalue weighted by Gasteiger charge is -2.15. The first kappa shape index (κ1) is 28.0. The fraction of sp³-hybridized carbons (Fsp3) is 0.185. The van der Waals surface area contributed by atoms with Gasteiger partial charge in [0.2, 0.25) is 0 Å². The maximum atomic E-state index is 13.0. The van der Waals surface area contributed by atoms with Gasteiger partial charge in [0.1, 0.15) is 13.2 Å². The molecule has 0 atom stereocenters. The smallest absolute Gasteiger partial charge is 0.293 e. The molecule has 0 saturated carbocycles. The number of non-ortho nitro benzene ring substituents is 1. The number of methoxy groups -OCH3 is 2. The Bertz CT molecular complexity index is 1430. The summed E-state index contributed by atoms with van der Waals surface area (Å²) in [4.78, 5) is 37.3. The highest BCUT2D eigenvalue weighted by atomic mass is 79.9. The lowest BCUT2D eigenvalue weighted by atomic mass is 10.1.